The molecule has 0 bridgehead atoms. The van der Waals surface area contributed by atoms with Gasteiger partial charge in [-0.15, -0.1) is 12.4 Å². The van der Waals surface area contributed by atoms with Crippen LogP contribution in [0.1, 0.15) is 11.1 Å². The molecule has 0 unspecified atom stereocenters. The van der Waals surface area contributed by atoms with E-state index in [1.807, 2.05) is 0 Å². The van der Waals surface area contributed by atoms with Gasteiger partial charge in [0.15, 0.2) is 0 Å². The Balaban J connectivity index is 0.00000280. The van der Waals surface area contributed by atoms with E-state index in [0.717, 1.165) is 5.56 Å². The molecule has 0 atom stereocenters. The molecule has 6 nitrogen and oxygen atoms in total. The van der Waals surface area contributed by atoms with E-state index in [0.29, 0.717) is 32.7 Å². The monoisotopic (exact) mass is 403 g/mol. The average Bonchev–Trinajstić information content (AvgIpc) is 2.68. The third-order valence-electron chi connectivity index (χ3n) is 4.38. The number of nitro benzene ring substituents is 1. The molecule has 1 aliphatic heterocycles. The number of rotatable bonds is 3. The summed E-state index contributed by atoms with van der Waals surface area (Å²) in [5, 5.41) is 11.0. The summed E-state index contributed by atoms with van der Waals surface area (Å²) in [5.41, 5.74) is 1.14. The highest BCUT2D eigenvalue weighted by Crippen LogP contribution is 2.16. The van der Waals surface area contributed by atoms with Crippen molar-refractivity contribution in [3.8, 4) is 11.8 Å². The third-order valence-corrected chi connectivity index (χ3v) is 4.38. The summed E-state index contributed by atoms with van der Waals surface area (Å²) < 4.78 is 13.0. The van der Waals surface area contributed by atoms with Crippen molar-refractivity contribution in [2.24, 2.45) is 0 Å². The van der Waals surface area contributed by atoms with Crippen molar-refractivity contribution in [3.63, 3.8) is 0 Å². The van der Waals surface area contributed by atoms with Gasteiger partial charge in [-0.2, -0.15) is 0 Å². The molecule has 2 aromatic rings. The van der Waals surface area contributed by atoms with Crippen LogP contribution in [0.3, 0.4) is 0 Å². The SMILES string of the molecule is Cl.O=C(C#Cc1ccccc1[N+](=O)[O-])N1CCN(Cc2ccc(F)cc2)CC1. The molecule has 1 amide bonds. The average molecular weight is 404 g/mol. The second kappa shape index (κ2) is 9.83. The maximum absolute atomic E-state index is 13.0. The Morgan fingerprint density at radius 2 is 1.71 bits per heavy atom. The van der Waals surface area contributed by atoms with Gasteiger partial charge in [0.1, 0.15) is 11.4 Å². The molecule has 0 spiro atoms. The zero-order chi connectivity index (χ0) is 19.2. The smallest absolute Gasteiger partial charge is 0.298 e. The number of hydrogen-bond donors (Lipinski definition) is 0. The van der Waals surface area contributed by atoms with Crippen molar-refractivity contribution in [2.45, 2.75) is 6.54 Å². The Kier molecular flexibility index (Phi) is 7.50. The van der Waals surface area contributed by atoms with Crippen LogP contribution in [0, 0.1) is 27.8 Å². The number of nitro groups is 1. The van der Waals surface area contributed by atoms with E-state index in [1.54, 1.807) is 29.2 Å². The van der Waals surface area contributed by atoms with Gasteiger partial charge in [-0.3, -0.25) is 19.8 Å². The van der Waals surface area contributed by atoms with Crippen LogP contribution in [0.4, 0.5) is 10.1 Å². The number of hydrogen-bond acceptors (Lipinski definition) is 4. The molecule has 146 valence electrons. The molecule has 28 heavy (non-hydrogen) atoms. The third kappa shape index (κ3) is 5.52. The molecule has 3 rings (SSSR count). The largest absolute Gasteiger partial charge is 0.329 e. The number of carbonyl (C=O) groups excluding carboxylic acids is 1. The lowest BCUT2D eigenvalue weighted by Gasteiger charge is -2.33. The Bertz CT molecular complexity index is 901. The maximum Gasteiger partial charge on any atom is 0.298 e. The highest BCUT2D eigenvalue weighted by Gasteiger charge is 2.20. The van der Waals surface area contributed by atoms with Gasteiger partial charge in [0, 0.05) is 44.7 Å². The molecule has 0 saturated carbocycles. The van der Waals surface area contributed by atoms with E-state index in [-0.39, 0.29) is 35.4 Å². The normalized spacial score (nSPS) is 13.8. The van der Waals surface area contributed by atoms with E-state index >= 15 is 0 Å². The van der Waals surface area contributed by atoms with Crippen LogP contribution in [0.25, 0.3) is 0 Å². The first-order valence-electron chi connectivity index (χ1n) is 8.54. The summed E-state index contributed by atoms with van der Waals surface area (Å²) in [6.07, 6.45) is 0. The predicted octanol–water partition coefficient (Wildman–Crippen LogP) is 2.85. The lowest BCUT2D eigenvalue weighted by atomic mass is 10.2. The molecule has 0 N–H and O–H groups in total. The van der Waals surface area contributed by atoms with Gasteiger partial charge in [-0.25, -0.2) is 4.39 Å². The first-order chi connectivity index (χ1) is 13.0. The highest BCUT2D eigenvalue weighted by atomic mass is 35.5. The highest BCUT2D eigenvalue weighted by molar-refractivity contribution is 5.94. The molecule has 8 heteroatoms. The number of amides is 1. The number of para-hydroxylation sites is 1. The second-order valence-electron chi connectivity index (χ2n) is 6.22. The van der Waals surface area contributed by atoms with Crippen LogP contribution in [0.2, 0.25) is 0 Å². The molecule has 1 aliphatic rings. The second-order valence-corrected chi connectivity index (χ2v) is 6.22. The summed E-state index contributed by atoms with van der Waals surface area (Å²) in [6.45, 7) is 3.15. The van der Waals surface area contributed by atoms with Crippen molar-refractivity contribution in [3.05, 3.63) is 75.6 Å². The number of benzene rings is 2. The molecular formula is C20H19ClFN3O3. The van der Waals surface area contributed by atoms with Crippen LogP contribution in [-0.2, 0) is 11.3 Å². The van der Waals surface area contributed by atoms with Crippen LogP contribution in [0.15, 0.2) is 48.5 Å². The van der Waals surface area contributed by atoms with Crippen LogP contribution >= 0.6 is 12.4 Å². The van der Waals surface area contributed by atoms with Gasteiger partial charge in [0.05, 0.1) is 4.92 Å². The van der Waals surface area contributed by atoms with E-state index in [9.17, 15) is 19.3 Å². The van der Waals surface area contributed by atoms with Crippen molar-refractivity contribution >= 4 is 24.0 Å². The van der Waals surface area contributed by atoms with Crippen LogP contribution in [0.5, 0.6) is 0 Å². The van der Waals surface area contributed by atoms with Crippen molar-refractivity contribution in [1.82, 2.24) is 9.80 Å². The van der Waals surface area contributed by atoms with Gasteiger partial charge in [-0.1, -0.05) is 24.3 Å². The van der Waals surface area contributed by atoms with Gasteiger partial charge in [0.2, 0.25) is 0 Å². The van der Waals surface area contributed by atoms with Gasteiger partial charge in [0.25, 0.3) is 11.6 Å². The van der Waals surface area contributed by atoms with E-state index < -0.39 is 4.92 Å². The Morgan fingerprint density at radius 1 is 1.07 bits per heavy atom. The Labute approximate surface area is 168 Å². The minimum Gasteiger partial charge on any atom is -0.329 e. The fraction of sp³-hybridized carbons (Fsp3) is 0.250. The summed E-state index contributed by atoms with van der Waals surface area (Å²) in [4.78, 5) is 26.6. The molecule has 1 heterocycles. The minimum absolute atomic E-state index is 0. The van der Waals surface area contributed by atoms with Crippen molar-refractivity contribution in [2.75, 3.05) is 26.2 Å². The molecule has 0 aliphatic carbocycles. The number of nitrogens with zero attached hydrogens (tertiary/aromatic N) is 3. The number of halogens is 2. The van der Waals surface area contributed by atoms with Gasteiger partial charge in [-0.05, 0) is 29.7 Å². The van der Waals surface area contributed by atoms with Gasteiger partial charge >= 0.3 is 0 Å². The maximum atomic E-state index is 13.0. The number of carbonyl (C=O) groups is 1. The lowest BCUT2D eigenvalue weighted by molar-refractivity contribution is -0.385. The molecule has 1 saturated heterocycles. The molecular weight excluding hydrogens is 385 g/mol. The first-order valence-corrected chi connectivity index (χ1v) is 8.54. The van der Waals surface area contributed by atoms with Gasteiger partial charge < -0.3 is 4.90 Å². The van der Waals surface area contributed by atoms with Crippen LogP contribution < -0.4 is 0 Å². The van der Waals surface area contributed by atoms with E-state index in [1.165, 1.54) is 24.3 Å². The quantitative estimate of drug-likeness (QED) is 0.449. The molecule has 1 fully saturated rings. The lowest BCUT2D eigenvalue weighted by Crippen LogP contribution is -2.47. The van der Waals surface area contributed by atoms with Crippen LogP contribution in [-0.4, -0.2) is 46.8 Å². The zero-order valence-corrected chi connectivity index (χ0v) is 15.8. The van der Waals surface area contributed by atoms with Crippen molar-refractivity contribution in [1.29, 1.82) is 0 Å². The fourth-order valence-corrected chi connectivity index (χ4v) is 2.90. The fourth-order valence-electron chi connectivity index (χ4n) is 2.90. The van der Waals surface area contributed by atoms with Crippen molar-refractivity contribution < 1.29 is 14.1 Å². The summed E-state index contributed by atoms with van der Waals surface area (Å²) >= 11 is 0. The molecule has 2 aromatic carbocycles. The standard InChI is InChI=1S/C20H18FN3O3.ClH/c21-18-8-5-16(6-9-18)15-22-11-13-23(14-12-22)20(25)10-7-17-3-1-2-4-19(17)24(26)27;/h1-6,8-9H,11-15H2;1H. The zero-order valence-electron chi connectivity index (χ0n) is 15.0. The van der Waals surface area contributed by atoms with E-state index in [2.05, 4.69) is 16.7 Å². The Morgan fingerprint density at radius 3 is 2.36 bits per heavy atom. The predicted molar refractivity (Wildman–Crippen MR) is 105 cm³/mol. The topological polar surface area (TPSA) is 66.7 Å². The summed E-state index contributed by atoms with van der Waals surface area (Å²) in [5.74, 6) is 4.53. The first kappa shape index (κ1) is 21.4. The molecule has 0 aromatic heterocycles. The number of piperazine rings is 1. The summed E-state index contributed by atoms with van der Waals surface area (Å²) in [7, 11) is 0. The summed E-state index contributed by atoms with van der Waals surface area (Å²) in [6, 6.07) is 12.5. The Hall–Kier alpha value is -2.95. The molecule has 0 radical (unpaired) electrons. The minimum atomic E-state index is -0.511. The van der Waals surface area contributed by atoms with E-state index in [4.69, 9.17) is 0 Å².